The van der Waals surface area contributed by atoms with Crippen molar-refractivity contribution in [2.24, 2.45) is 0 Å². The van der Waals surface area contributed by atoms with Gasteiger partial charge in [0.25, 0.3) is 0 Å². The molecular formula is C13H20N2S. The van der Waals surface area contributed by atoms with Crippen molar-refractivity contribution in [3.8, 4) is 0 Å². The second kappa shape index (κ2) is 6.48. The first-order valence-corrected chi connectivity index (χ1v) is 6.19. The highest BCUT2D eigenvalue weighted by molar-refractivity contribution is 7.80. The maximum absolute atomic E-state index is 5.16. The molecule has 0 aromatic heterocycles. The third-order valence-electron chi connectivity index (χ3n) is 2.37. The fourth-order valence-corrected chi connectivity index (χ4v) is 1.59. The van der Waals surface area contributed by atoms with Gasteiger partial charge >= 0.3 is 0 Å². The zero-order chi connectivity index (χ0) is 12.0. The zero-order valence-corrected chi connectivity index (χ0v) is 11.0. The van der Waals surface area contributed by atoms with Crippen molar-refractivity contribution in [1.29, 1.82) is 0 Å². The summed E-state index contributed by atoms with van der Waals surface area (Å²) in [7, 11) is 0. The maximum atomic E-state index is 5.16. The van der Waals surface area contributed by atoms with Crippen molar-refractivity contribution < 1.29 is 0 Å². The fourth-order valence-electron chi connectivity index (χ4n) is 1.37. The fraction of sp³-hybridized carbons (Fsp3) is 0.462. The van der Waals surface area contributed by atoms with Gasteiger partial charge in [0.05, 0.1) is 0 Å². The second-order valence-corrected chi connectivity index (χ2v) is 4.57. The summed E-state index contributed by atoms with van der Waals surface area (Å²) in [6.45, 7) is 7.41. The van der Waals surface area contributed by atoms with Crippen LogP contribution < -0.4 is 10.6 Å². The van der Waals surface area contributed by atoms with Crippen molar-refractivity contribution in [3.05, 3.63) is 29.8 Å². The topological polar surface area (TPSA) is 24.1 Å². The molecule has 3 heteroatoms. The molecule has 0 saturated heterocycles. The highest BCUT2D eigenvalue weighted by atomic mass is 32.1. The number of hydrogen-bond donors (Lipinski definition) is 2. The van der Waals surface area contributed by atoms with E-state index >= 15 is 0 Å². The smallest absolute Gasteiger partial charge is 0.170 e. The third-order valence-corrected chi connectivity index (χ3v) is 2.62. The van der Waals surface area contributed by atoms with Crippen LogP contribution in [0.15, 0.2) is 24.3 Å². The number of hydrogen-bond acceptors (Lipinski definition) is 1. The lowest BCUT2D eigenvalue weighted by Crippen LogP contribution is -2.28. The Hall–Kier alpha value is -1.09. The minimum Gasteiger partial charge on any atom is -0.362 e. The molecule has 0 spiro atoms. The van der Waals surface area contributed by atoms with Gasteiger partial charge in [-0.2, -0.15) is 0 Å². The molecule has 0 aliphatic heterocycles. The van der Waals surface area contributed by atoms with Crippen LogP contribution in [0.1, 0.15) is 38.7 Å². The molecule has 0 fully saturated rings. The Labute approximate surface area is 103 Å². The molecular weight excluding hydrogens is 216 g/mol. The van der Waals surface area contributed by atoms with Crippen LogP contribution in [0.5, 0.6) is 0 Å². The molecule has 2 nitrogen and oxygen atoms in total. The van der Waals surface area contributed by atoms with Crippen LogP contribution in [0.4, 0.5) is 5.69 Å². The van der Waals surface area contributed by atoms with Crippen LogP contribution in [-0.4, -0.2) is 11.7 Å². The Bertz CT molecular complexity index is 330. The summed E-state index contributed by atoms with van der Waals surface area (Å²) in [5, 5.41) is 7.00. The van der Waals surface area contributed by atoms with Crippen molar-refractivity contribution >= 4 is 23.0 Å². The van der Waals surface area contributed by atoms with Crippen LogP contribution >= 0.6 is 12.2 Å². The Balaban J connectivity index is 2.51. The van der Waals surface area contributed by atoms with Crippen LogP contribution in [0, 0.1) is 0 Å². The minimum atomic E-state index is 0.569. The van der Waals surface area contributed by atoms with Gasteiger partial charge in [-0.1, -0.05) is 32.9 Å². The molecule has 88 valence electrons. The van der Waals surface area contributed by atoms with E-state index in [1.807, 2.05) is 0 Å². The Kier molecular flexibility index (Phi) is 5.26. The molecule has 0 saturated carbocycles. The minimum absolute atomic E-state index is 0.569. The van der Waals surface area contributed by atoms with Gasteiger partial charge < -0.3 is 10.6 Å². The van der Waals surface area contributed by atoms with E-state index < -0.39 is 0 Å². The van der Waals surface area contributed by atoms with Crippen LogP contribution in [-0.2, 0) is 0 Å². The van der Waals surface area contributed by atoms with E-state index in [1.54, 1.807) is 0 Å². The number of benzene rings is 1. The van der Waals surface area contributed by atoms with Gasteiger partial charge in [-0.3, -0.25) is 0 Å². The molecule has 1 aromatic rings. The maximum Gasteiger partial charge on any atom is 0.170 e. The molecule has 0 radical (unpaired) electrons. The van der Waals surface area contributed by atoms with Crippen LogP contribution in [0.3, 0.4) is 0 Å². The Morgan fingerprint density at radius 1 is 1.25 bits per heavy atom. The van der Waals surface area contributed by atoms with Crippen molar-refractivity contribution in [2.75, 3.05) is 11.9 Å². The Morgan fingerprint density at radius 3 is 2.38 bits per heavy atom. The quantitative estimate of drug-likeness (QED) is 0.782. The third kappa shape index (κ3) is 4.19. The average molecular weight is 236 g/mol. The molecule has 1 rings (SSSR count). The highest BCUT2D eigenvalue weighted by Gasteiger charge is 1.99. The number of anilines is 1. The van der Waals surface area contributed by atoms with Crippen molar-refractivity contribution in [1.82, 2.24) is 5.32 Å². The molecule has 0 unspecified atom stereocenters. The second-order valence-electron chi connectivity index (χ2n) is 4.16. The molecule has 16 heavy (non-hydrogen) atoms. The van der Waals surface area contributed by atoms with Gasteiger partial charge in [-0.05, 0) is 42.3 Å². The van der Waals surface area contributed by atoms with Gasteiger partial charge in [0, 0.05) is 12.2 Å². The van der Waals surface area contributed by atoms with Gasteiger partial charge in [-0.15, -0.1) is 0 Å². The van der Waals surface area contributed by atoms with Crippen LogP contribution in [0.2, 0.25) is 0 Å². The number of nitrogens with one attached hydrogen (secondary N) is 2. The summed E-state index contributed by atoms with van der Waals surface area (Å²) in [5.74, 6) is 0.569. The normalized spacial score (nSPS) is 10.2. The predicted octanol–water partition coefficient (Wildman–Crippen LogP) is 3.51. The molecule has 0 amide bonds. The van der Waals surface area contributed by atoms with E-state index in [0.717, 1.165) is 18.7 Å². The summed E-state index contributed by atoms with van der Waals surface area (Å²) in [4.78, 5) is 0. The standard InChI is InChI=1S/C13H20N2S/c1-4-9-14-13(16)15-12-7-5-11(6-8-12)10(2)3/h5-8,10H,4,9H2,1-3H3,(H2,14,15,16). The average Bonchev–Trinajstić information content (AvgIpc) is 2.27. The van der Waals surface area contributed by atoms with E-state index in [0.29, 0.717) is 11.0 Å². The molecule has 2 N–H and O–H groups in total. The van der Waals surface area contributed by atoms with Crippen molar-refractivity contribution in [3.63, 3.8) is 0 Å². The first-order valence-electron chi connectivity index (χ1n) is 5.78. The van der Waals surface area contributed by atoms with Gasteiger partial charge in [-0.25, -0.2) is 0 Å². The Morgan fingerprint density at radius 2 is 1.88 bits per heavy atom. The first-order chi connectivity index (χ1) is 7.63. The van der Waals surface area contributed by atoms with Gasteiger partial charge in [0.15, 0.2) is 5.11 Å². The van der Waals surface area contributed by atoms with Gasteiger partial charge in [0.2, 0.25) is 0 Å². The largest absolute Gasteiger partial charge is 0.362 e. The summed E-state index contributed by atoms with van der Waals surface area (Å²) < 4.78 is 0. The lowest BCUT2D eigenvalue weighted by Gasteiger charge is -2.11. The molecule has 0 aliphatic carbocycles. The number of rotatable bonds is 4. The summed E-state index contributed by atoms with van der Waals surface area (Å²) in [5.41, 5.74) is 2.39. The molecule has 0 bridgehead atoms. The molecule has 1 aromatic carbocycles. The summed E-state index contributed by atoms with van der Waals surface area (Å²) in [6, 6.07) is 8.40. The molecule has 0 atom stereocenters. The SMILES string of the molecule is CCCNC(=S)Nc1ccc(C(C)C)cc1. The highest BCUT2D eigenvalue weighted by Crippen LogP contribution is 2.16. The lowest BCUT2D eigenvalue weighted by atomic mass is 10.0. The summed E-state index contributed by atoms with van der Waals surface area (Å²) in [6.07, 6.45) is 1.08. The molecule has 0 aliphatic rings. The van der Waals surface area contributed by atoms with E-state index in [1.165, 1.54) is 5.56 Å². The van der Waals surface area contributed by atoms with Gasteiger partial charge in [0.1, 0.15) is 0 Å². The monoisotopic (exact) mass is 236 g/mol. The summed E-state index contributed by atoms with van der Waals surface area (Å²) >= 11 is 5.16. The number of thiocarbonyl (C=S) groups is 1. The van der Waals surface area contributed by atoms with Crippen LogP contribution in [0.25, 0.3) is 0 Å². The van der Waals surface area contributed by atoms with E-state index in [-0.39, 0.29) is 0 Å². The molecule has 0 heterocycles. The lowest BCUT2D eigenvalue weighted by molar-refractivity contribution is 0.846. The zero-order valence-electron chi connectivity index (χ0n) is 10.2. The van der Waals surface area contributed by atoms with E-state index in [9.17, 15) is 0 Å². The van der Waals surface area contributed by atoms with E-state index in [4.69, 9.17) is 12.2 Å². The predicted molar refractivity (Wildman–Crippen MR) is 75.0 cm³/mol. The van der Waals surface area contributed by atoms with Crippen molar-refractivity contribution in [2.45, 2.75) is 33.1 Å². The van der Waals surface area contributed by atoms with E-state index in [2.05, 4.69) is 55.7 Å². The first kappa shape index (κ1) is 13.0.